The third kappa shape index (κ3) is 4.32. The first kappa shape index (κ1) is 13.9. The smallest absolute Gasteiger partial charge is 0.137 e. The van der Waals surface area contributed by atoms with Gasteiger partial charge < -0.3 is 9.47 Å². The Morgan fingerprint density at radius 1 is 1.22 bits per heavy atom. The molecule has 3 nitrogen and oxygen atoms in total. The van der Waals surface area contributed by atoms with Crippen molar-refractivity contribution in [3.63, 3.8) is 0 Å². The molecule has 0 unspecified atom stereocenters. The van der Waals surface area contributed by atoms with Crippen molar-refractivity contribution in [1.29, 1.82) is 0 Å². The Labute approximate surface area is 118 Å². The SMILES string of the molecule is Clc1ccc(OCCCN2CCOCC2)c(Cl)c1. The minimum absolute atomic E-state index is 0.564. The number of rotatable bonds is 5. The molecule has 1 saturated heterocycles. The number of hydrogen-bond donors (Lipinski definition) is 0. The fraction of sp³-hybridized carbons (Fsp3) is 0.538. The number of benzene rings is 1. The number of nitrogens with zero attached hydrogens (tertiary/aromatic N) is 1. The number of morpholine rings is 1. The lowest BCUT2D eigenvalue weighted by Crippen LogP contribution is -2.37. The first-order valence-electron chi connectivity index (χ1n) is 6.13. The molecule has 0 aliphatic carbocycles. The van der Waals surface area contributed by atoms with Crippen LogP contribution in [-0.2, 0) is 4.74 Å². The normalized spacial score (nSPS) is 16.8. The van der Waals surface area contributed by atoms with Crippen LogP contribution in [0.25, 0.3) is 0 Å². The van der Waals surface area contributed by atoms with Crippen LogP contribution in [0.5, 0.6) is 5.75 Å². The van der Waals surface area contributed by atoms with E-state index in [9.17, 15) is 0 Å². The summed E-state index contributed by atoms with van der Waals surface area (Å²) in [5.74, 6) is 0.697. The first-order valence-corrected chi connectivity index (χ1v) is 6.89. The van der Waals surface area contributed by atoms with Gasteiger partial charge in [0.25, 0.3) is 0 Å². The largest absolute Gasteiger partial charge is 0.492 e. The van der Waals surface area contributed by atoms with E-state index < -0.39 is 0 Å². The lowest BCUT2D eigenvalue weighted by Gasteiger charge is -2.26. The fourth-order valence-corrected chi connectivity index (χ4v) is 2.35. The summed E-state index contributed by atoms with van der Waals surface area (Å²) in [6, 6.07) is 5.28. The van der Waals surface area contributed by atoms with Gasteiger partial charge in [-0.1, -0.05) is 23.2 Å². The highest BCUT2D eigenvalue weighted by atomic mass is 35.5. The van der Waals surface area contributed by atoms with Crippen molar-refractivity contribution in [3.05, 3.63) is 28.2 Å². The van der Waals surface area contributed by atoms with E-state index in [0.29, 0.717) is 22.4 Å². The van der Waals surface area contributed by atoms with Crippen LogP contribution in [0.1, 0.15) is 6.42 Å². The lowest BCUT2D eigenvalue weighted by atomic mass is 10.3. The third-order valence-electron chi connectivity index (χ3n) is 2.87. The van der Waals surface area contributed by atoms with Gasteiger partial charge in [0.15, 0.2) is 0 Å². The second kappa shape index (κ2) is 7.19. The zero-order valence-corrected chi connectivity index (χ0v) is 11.7. The van der Waals surface area contributed by atoms with Crippen molar-refractivity contribution < 1.29 is 9.47 Å². The van der Waals surface area contributed by atoms with Crippen LogP contribution in [0, 0.1) is 0 Å². The van der Waals surface area contributed by atoms with E-state index in [4.69, 9.17) is 32.7 Å². The van der Waals surface area contributed by atoms with Crippen LogP contribution in [-0.4, -0.2) is 44.4 Å². The number of halogens is 2. The van der Waals surface area contributed by atoms with Crippen LogP contribution in [0.3, 0.4) is 0 Å². The zero-order valence-electron chi connectivity index (χ0n) is 10.2. The lowest BCUT2D eigenvalue weighted by molar-refractivity contribution is 0.0358. The molecule has 0 saturated carbocycles. The maximum absolute atomic E-state index is 6.02. The highest BCUT2D eigenvalue weighted by molar-refractivity contribution is 6.35. The first-order chi connectivity index (χ1) is 8.75. The molecule has 1 aliphatic rings. The van der Waals surface area contributed by atoms with E-state index >= 15 is 0 Å². The van der Waals surface area contributed by atoms with Crippen LogP contribution in [0.15, 0.2) is 18.2 Å². The summed E-state index contributed by atoms with van der Waals surface area (Å²) < 4.78 is 10.9. The van der Waals surface area contributed by atoms with Crippen molar-refractivity contribution >= 4 is 23.2 Å². The van der Waals surface area contributed by atoms with Gasteiger partial charge in [0.2, 0.25) is 0 Å². The quantitative estimate of drug-likeness (QED) is 0.778. The van der Waals surface area contributed by atoms with Gasteiger partial charge in [-0.15, -0.1) is 0 Å². The van der Waals surface area contributed by atoms with E-state index in [1.807, 2.05) is 0 Å². The molecule has 18 heavy (non-hydrogen) atoms. The Balaban J connectivity index is 1.68. The Kier molecular flexibility index (Phi) is 5.57. The maximum atomic E-state index is 6.02. The van der Waals surface area contributed by atoms with Crippen molar-refractivity contribution in [2.45, 2.75) is 6.42 Å². The zero-order chi connectivity index (χ0) is 12.8. The standard InChI is InChI=1S/C13H17Cl2NO2/c14-11-2-3-13(12(15)10-11)18-7-1-4-16-5-8-17-9-6-16/h2-3,10H,1,4-9H2. The van der Waals surface area contributed by atoms with Gasteiger partial charge in [-0.25, -0.2) is 0 Å². The van der Waals surface area contributed by atoms with Crippen LogP contribution < -0.4 is 4.74 Å². The molecule has 0 amide bonds. The van der Waals surface area contributed by atoms with E-state index in [-0.39, 0.29) is 0 Å². The number of ether oxygens (including phenoxy) is 2. The second-order valence-electron chi connectivity index (χ2n) is 4.23. The summed E-state index contributed by atoms with van der Waals surface area (Å²) >= 11 is 11.8. The summed E-state index contributed by atoms with van der Waals surface area (Å²) in [6.07, 6.45) is 0.985. The molecule has 0 spiro atoms. The summed E-state index contributed by atoms with van der Waals surface area (Å²) in [5, 5.41) is 1.19. The van der Waals surface area contributed by atoms with Crippen molar-refractivity contribution in [1.82, 2.24) is 4.90 Å². The second-order valence-corrected chi connectivity index (χ2v) is 5.07. The van der Waals surface area contributed by atoms with E-state index in [0.717, 1.165) is 39.3 Å². The average Bonchev–Trinajstić information content (AvgIpc) is 2.38. The average molecular weight is 290 g/mol. The van der Waals surface area contributed by atoms with Gasteiger partial charge >= 0.3 is 0 Å². The minimum Gasteiger partial charge on any atom is -0.492 e. The molecule has 1 fully saturated rings. The van der Waals surface area contributed by atoms with E-state index in [1.54, 1.807) is 18.2 Å². The highest BCUT2D eigenvalue weighted by Crippen LogP contribution is 2.27. The van der Waals surface area contributed by atoms with Gasteiger partial charge in [0.1, 0.15) is 5.75 Å². The van der Waals surface area contributed by atoms with Crippen molar-refractivity contribution in [2.24, 2.45) is 0 Å². The molecular weight excluding hydrogens is 273 g/mol. The molecule has 1 heterocycles. The molecule has 2 rings (SSSR count). The minimum atomic E-state index is 0.564. The van der Waals surface area contributed by atoms with Crippen molar-refractivity contribution in [3.8, 4) is 5.75 Å². The van der Waals surface area contributed by atoms with Crippen molar-refractivity contribution in [2.75, 3.05) is 39.5 Å². The molecular formula is C13H17Cl2NO2. The molecule has 0 radical (unpaired) electrons. The van der Waals surface area contributed by atoms with Gasteiger partial charge in [-0.3, -0.25) is 4.90 Å². The molecule has 1 aromatic carbocycles. The monoisotopic (exact) mass is 289 g/mol. The Morgan fingerprint density at radius 3 is 2.72 bits per heavy atom. The molecule has 1 aromatic rings. The topological polar surface area (TPSA) is 21.7 Å². The predicted octanol–water partition coefficient (Wildman–Crippen LogP) is 3.09. The molecule has 0 aromatic heterocycles. The molecule has 1 aliphatic heterocycles. The highest BCUT2D eigenvalue weighted by Gasteiger charge is 2.09. The van der Waals surface area contributed by atoms with Gasteiger partial charge in [0.05, 0.1) is 24.8 Å². The molecule has 0 N–H and O–H groups in total. The number of hydrogen-bond acceptors (Lipinski definition) is 3. The Bertz CT molecular complexity index is 381. The van der Waals surface area contributed by atoms with Crippen LogP contribution >= 0.6 is 23.2 Å². The van der Waals surface area contributed by atoms with Gasteiger partial charge in [-0.2, -0.15) is 0 Å². The van der Waals surface area contributed by atoms with Gasteiger partial charge in [-0.05, 0) is 24.6 Å². The fourth-order valence-electron chi connectivity index (χ4n) is 1.89. The predicted molar refractivity (Wildman–Crippen MR) is 73.8 cm³/mol. The summed E-state index contributed by atoms with van der Waals surface area (Å²) in [7, 11) is 0. The summed E-state index contributed by atoms with van der Waals surface area (Å²) in [6.45, 7) is 5.41. The Hall–Kier alpha value is -0.480. The van der Waals surface area contributed by atoms with Gasteiger partial charge in [0, 0.05) is 24.7 Å². The van der Waals surface area contributed by atoms with E-state index in [2.05, 4.69) is 4.90 Å². The molecule has 100 valence electrons. The molecule has 0 bridgehead atoms. The Morgan fingerprint density at radius 2 is 2.00 bits per heavy atom. The third-order valence-corrected chi connectivity index (χ3v) is 3.40. The summed E-state index contributed by atoms with van der Waals surface area (Å²) in [5.41, 5.74) is 0. The van der Waals surface area contributed by atoms with Crippen LogP contribution in [0.4, 0.5) is 0 Å². The van der Waals surface area contributed by atoms with E-state index in [1.165, 1.54) is 0 Å². The molecule has 0 atom stereocenters. The van der Waals surface area contributed by atoms with Crippen LogP contribution in [0.2, 0.25) is 10.0 Å². The molecule has 5 heteroatoms. The maximum Gasteiger partial charge on any atom is 0.137 e. The summed E-state index contributed by atoms with van der Waals surface area (Å²) in [4.78, 5) is 2.39.